The SMILES string of the molecule is CC(C)CC(N)C(=O)OCn1c(=O)ccc2ccc(OCCCCN3CCN(c4cccc5sccc45)CC3)cc21. The fourth-order valence-electron chi connectivity index (χ4n) is 5.42. The second kappa shape index (κ2) is 13.5. The van der Waals surface area contributed by atoms with Crippen molar-refractivity contribution in [3.8, 4) is 5.75 Å². The largest absolute Gasteiger partial charge is 0.494 e. The molecule has 0 amide bonds. The molecule has 3 heterocycles. The Morgan fingerprint density at radius 2 is 1.83 bits per heavy atom. The summed E-state index contributed by atoms with van der Waals surface area (Å²) in [5, 5.41) is 4.40. The Hall–Kier alpha value is -3.40. The molecule has 41 heavy (non-hydrogen) atoms. The van der Waals surface area contributed by atoms with E-state index >= 15 is 0 Å². The molecule has 218 valence electrons. The number of fused-ring (bicyclic) bond motifs is 2. The first-order valence-corrected chi connectivity index (χ1v) is 15.4. The lowest BCUT2D eigenvalue weighted by Gasteiger charge is -2.36. The predicted octanol–water partition coefficient (Wildman–Crippen LogP) is 5.07. The van der Waals surface area contributed by atoms with E-state index in [9.17, 15) is 9.59 Å². The van der Waals surface area contributed by atoms with Crippen molar-refractivity contribution < 1.29 is 14.3 Å². The normalized spacial score (nSPS) is 15.1. The third-order valence-corrected chi connectivity index (χ3v) is 8.53. The maximum absolute atomic E-state index is 12.6. The minimum Gasteiger partial charge on any atom is -0.494 e. The molecule has 8 nitrogen and oxygen atoms in total. The van der Waals surface area contributed by atoms with Crippen LogP contribution in [0.4, 0.5) is 5.69 Å². The van der Waals surface area contributed by atoms with Gasteiger partial charge in [-0.1, -0.05) is 19.9 Å². The van der Waals surface area contributed by atoms with Gasteiger partial charge in [-0.05, 0) is 78.9 Å². The molecular formula is C32H40N4O4S. The van der Waals surface area contributed by atoms with Crippen molar-refractivity contribution in [3.63, 3.8) is 0 Å². The van der Waals surface area contributed by atoms with E-state index in [1.54, 1.807) is 17.4 Å². The smallest absolute Gasteiger partial charge is 0.324 e. The number of nitrogens with two attached hydrogens (primary N) is 1. The van der Waals surface area contributed by atoms with Crippen LogP contribution in [0.15, 0.2) is 64.8 Å². The lowest BCUT2D eigenvalue weighted by molar-refractivity contribution is -0.149. The Bertz CT molecular complexity index is 1520. The van der Waals surface area contributed by atoms with Gasteiger partial charge in [-0.2, -0.15) is 0 Å². The van der Waals surface area contributed by atoms with Crippen molar-refractivity contribution in [1.82, 2.24) is 9.47 Å². The third kappa shape index (κ3) is 7.28. The average Bonchev–Trinajstić information content (AvgIpc) is 3.45. The fourth-order valence-corrected chi connectivity index (χ4v) is 6.23. The predicted molar refractivity (Wildman–Crippen MR) is 167 cm³/mol. The van der Waals surface area contributed by atoms with Gasteiger partial charge in [0.1, 0.15) is 11.8 Å². The summed E-state index contributed by atoms with van der Waals surface area (Å²) in [6, 6.07) is 17.0. The van der Waals surface area contributed by atoms with Crippen LogP contribution >= 0.6 is 11.3 Å². The van der Waals surface area contributed by atoms with Gasteiger partial charge in [0.15, 0.2) is 6.73 Å². The highest BCUT2D eigenvalue weighted by Gasteiger charge is 2.19. The molecule has 9 heteroatoms. The maximum atomic E-state index is 12.6. The van der Waals surface area contributed by atoms with Crippen molar-refractivity contribution in [2.45, 2.75) is 45.9 Å². The Balaban J connectivity index is 1.08. The van der Waals surface area contributed by atoms with E-state index in [0.29, 0.717) is 24.3 Å². The molecule has 5 rings (SSSR count). The summed E-state index contributed by atoms with van der Waals surface area (Å²) in [6.45, 7) is 9.69. The fraction of sp³-hybridized carbons (Fsp3) is 0.438. The number of pyridine rings is 1. The number of nitrogens with zero attached hydrogens (tertiary/aromatic N) is 3. The van der Waals surface area contributed by atoms with Crippen LogP contribution in [0.1, 0.15) is 33.1 Å². The van der Waals surface area contributed by atoms with Gasteiger partial charge in [-0.3, -0.25) is 19.1 Å². The van der Waals surface area contributed by atoms with Gasteiger partial charge < -0.3 is 20.1 Å². The molecule has 0 radical (unpaired) electrons. The van der Waals surface area contributed by atoms with Crippen LogP contribution in [-0.2, 0) is 16.3 Å². The van der Waals surface area contributed by atoms with Gasteiger partial charge in [0.25, 0.3) is 5.56 Å². The number of anilines is 1. The highest BCUT2D eigenvalue weighted by atomic mass is 32.1. The lowest BCUT2D eigenvalue weighted by atomic mass is 10.1. The molecule has 1 unspecified atom stereocenters. The maximum Gasteiger partial charge on any atom is 0.324 e. The number of carbonyl (C=O) groups is 1. The summed E-state index contributed by atoms with van der Waals surface area (Å²) in [7, 11) is 0. The first kappa shape index (κ1) is 29.1. The number of ether oxygens (including phenoxy) is 2. The second-order valence-corrected chi connectivity index (χ2v) is 12.1. The van der Waals surface area contributed by atoms with E-state index in [4.69, 9.17) is 15.2 Å². The van der Waals surface area contributed by atoms with Crippen molar-refractivity contribution in [1.29, 1.82) is 0 Å². The molecule has 2 aromatic carbocycles. The van der Waals surface area contributed by atoms with Crippen molar-refractivity contribution in [2.75, 3.05) is 44.2 Å². The number of hydrogen-bond donors (Lipinski definition) is 1. The molecule has 2 aromatic heterocycles. The molecule has 1 saturated heterocycles. The number of esters is 1. The van der Waals surface area contributed by atoms with E-state index < -0.39 is 12.0 Å². The molecule has 1 aliphatic rings. The first-order valence-electron chi connectivity index (χ1n) is 14.5. The number of benzene rings is 2. The number of carbonyl (C=O) groups excluding carboxylic acids is 1. The van der Waals surface area contributed by atoms with E-state index in [2.05, 4.69) is 39.4 Å². The third-order valence-electron chi connectivity index (χ3n) is 7.65. The number of hydrogen-bond acceptors (Lipinski definition) is 8. The van der Waals surface area contributed by atoms with Crippen LogP contribution in [0, 0.1) is 5.92 Å². The van der Waals surface area contributed by atoms with Crippen molar-refractivity contribution in [3.05, 3.63) is 70.3 Å². The Kier molecular flexibility index (Phi) is 9.59. The summed E-state index contributed by atoms with van der Waals surface area (Å²) < 4.78 is 14.2. The van der Waals surface area contributed by atoms with E-state index in [1.807, 2.05) is 32.0 Å². The Morgan fingerprint density at radius 3 is 2.63 bits per heavy atom. The van der Waals surface area contributed by atoms with Gasteiger partial charge >= 0.3 is 5.97 Å². The molecule has 0 bridgehead atoms. The molecule has 0 saturated carbocycles. The topological polar surface area (TPSA) is 90.0 Å². The first-order chi connectivity index (χ1) is 19.9. The van der Waals surface area contributed by atoms with E-state index in [1.165, 1.54) is 26.4 Å². The summed E-state index contributed by atoms with van der Waals surface area (Å²) in [6.07, 6.45) is 2.54. The van der Waals surface area contributed by atoms with Gasteiger partial charge in [-0.25, -0.2) is 0 Å². The summed E-state index contributed by atoms with van der Waals surface area (Å²) >= 11 is 1.80. The number of piperazine rings is 1. The van der Waals surface area contributed by atoms with Crippen LogP contribution in [0.2, 0.25) is 0 Å². The van der Waals surface area contributed by atoms with Crippen LogP contribution in [-0.4, -0.2) is 60.8 Å². The molecule has 4 aromatic rings. The minimum atomic E-state index is -0.704. The number of unbranched alkanes of at least 4 members (excludes halogenated alkanes) is 1. The average molecular weight is 577 g/mol. The molecule has 1 aliphatic heterocycles. The highest BCUT2D eigenvalue weighted by Crippen LogP contribution is 2.31. The van der Waals surface area contributed by atoms with Gasteiger partial charge in [0.05, 0.1) is 12.1 Å². The zero-order valence-electron chi connectivity index (χ0n) is 24.0. The van der Waals surface area contributed by atoms with Crippen LogP contribution in [0.3, 0.4) is 0 Å². The standard InChI is InChI=1S/C32H40N4O4S/c1-23(2)20-27(33)32(38)40-22-36-29-21-25(10-8-24(29)9-11-31(36)37)39-18-4-3-13-34-14-16-35(17-15-34)28-6-5-7-30-26(28)12-19-41-30/h5-12,19,21,23,27H,3-4,13-18,20,22,33H2,1-2H3. The molecule has 1 atom stereocenters. The van der Waals surface area contributed by atoms with Gasteiger partial charge in [0.2, 0.25) is 0 Å². The summed E-state index contributed by atoms with van der Waals surface area (Å²) in [4.78, 5) is 29.9. The molecule has 0 aliphatic carbocycles. The van der Waals surface area contributed by atoms with E-state index in [-0.39, 0.29) is 18.2 Å². The summed E-state index contributed by atoms with van der Waals surface area (Å²) in [5.41, 5.74) is 7.71. The molecular weight excluding hydrogens is 536 g/mol. The Morgan fingerprint density at radius 1 is 1.02 bits per heavy atom. The summed E-state index contributed by atoms with van der Waals surface area (Å²) in [5.74, 6) is 0.465. The molecule has 0 spiro atoms. The number of rotatable bonds is 12. The highest BCUT2D eigenvalue weighted by molar-refractivity contribution is 7.17. The quantitative estimate of drug-likeness (QED) is 0.186. The number of thiophene rings is 1. The van der Waals surface area contributed by atoms with E-state index in [0.717, 1.165) is 51.0 Å². The molecule has 2 N–H and O–H groups in total. The van der Waals surface area contributed by atoms with Crippen molar-refractivity contribution >= 4 is 44.0 Å². The zero-order valence-corrected chi connectivity index (χ0v) is 24.8. The minimum absolute atomic E-state index is 0.181. The van der Waals surface area contributed by atoms with Gasteiger partial charge in [-0.15, -0.1) is 11.3 Å². The Labute approximate surface area is 245 Å². The van der Waals surface area contributed by atoms with Gasteiger partial charge in [0, 0.05) is 54.1 Å². The second-order valence-electron chi connectivity index (χ2n) is 11.1. The monoisotopic (exact) mass is 576 g/mol. The lowest BCUT2D eigenvalue weighted by Crippen LogP contribution is -2.46. The number of aromatic nitrogens is 1. The molecule has 1 fully saturated rings. The van der Waals surface area contributed by atoms with Crippen LogP contribution < -0.4 is 20.9 Å². The zero-order chi connectivity index (χ0) is 28.8. The van der Waals surface area contributed by atoms with Crippen LogP contribution in [0.5, 0.6) is 5.75 Å². The van der Waals surface area contributed by atoms with Crippen LogP contribution in [0.25, 0.3) is 21.0 Å². The van der Waals surface area contributed by atoms with Crippen molar-refractivity contribution in [2.24, 2.45) is 11.7 Å².